The van der Waals surface area contributed by atoms with E-state index < -0.39 is 9.84 Å². The van der Waals surface area contributed by atoms with Crippen molar-refractivity contribution in [2.45, 2.75) is 43.0 Å². The number of anilines is 1. The predicted octanol–water partition coefficient (Wildman–Crippen LogP) is 3.77. The van der Waals surface area contributed by atoms with Crippen LogP contribution in [0.25, 0.3) is 0 Å². The Morgan fingerprint density at radius 1 is 1.12 bits per heavy atom. The molecule has 1 atom stereocenters. The summed E-state index contributed by atoms with van der Waals surface area (Å²) in [6.07, 6.45) is 2.99. The summed E-state index contributed by atoms with van der Waals surface area (Å²) in [4.78, 5) is 27.7. The highest BCUT2D eigenvalue weighted by molar-refractivity contribution is 8.00. The number of rotatable bonds is 10. The second kappa shape index (κ2) is 10.9. The van der Waals surface area contributed by atoms with Gasteiger partial charge in [-0.05, 0) is 67.1 Å². The fraction of sp³-hybridized carbons (Fsp3) is 0.440. The zero-order chi connectivity index (χ0) is 24.1. The second-order valence-corrected chi connectivity index (χ2v) is 12.1. The molecule has 1 saturated heterocycles. The smallest absolute Gasteiger partial charge is 0.255 e. The number of nitrogens with zero attached hydrogens (tertiary/aromatic N) is 1. The standard InChI is InChI=1S/C25H31N3O4S2.H2/c1-2-14-28(25-26-13-15-33-25)24(30)20-7-9-21(10-8-20)27-23(29)16-18-5-11-22(12-6-18)34(31,32)17-19-3-4-19;/h5-12,19,25-26H,2-4,13-17H2,1H3,(H,27,29);1H. The van der Waals surface area contributed by atoms with Gasteiger partial charge in [-0.25, -0.2) is 8.42 Å². The Labute approximate surface area is 207 Å². The number of thioether (sulfide) groups is 1. The third-order valence-corrected chi connectivity index (χ3v) is 9.00. The summed E-state index contributed by atoms with van der Waals surface area (Å²) in [7, 11) is -3.25. The van der Waals surface area contributed by atoms with E-state index in [1.54, 1.807) is 60.3 Å². The molecule has 0 bridgehead atoms. The lowest BCUT2D eigenvalue weighted by Gasteiger charge is -2.28. The van der Waals surface area contributed by atoms with Crippen molar-refractivity contribution in [3.05, 3.63) is 59.7 Å². The van der Waals surface area contributed by atoms with Crippen LogP contribution in [-0.2, 0) is 21.1 Å². The highest BCUT2D eigenvalue weighted by atomic mass is 32.2. The fourth-order valence-corrected chi connectivity index (χ4v) is 6.71. The van der Waals surface area contributed by atoms with Crippen LogP contribution in [0.2, 0.25) is 0 Å². The van der Waals surface area contributed by atoms with Crippen molar-refractivity contribution in [3.63, 3.8) is 0 Å². The molecule has 0 aromatic heterocycles. The normalized spacial score (nSPS) is 18.0. The Bertz CT molecular complexity index is 1110. The monoisotopic (exact) mass is 503 g/mol. The molecule has 0 radical (unpaired) electrons. The van der Waals surface area contributed by atoms with E-state index in [1.807, 2.05) is 4.90 Å². The molecule has 2 fully saturated rings. The minimum Gasteiger partial charge on any atom is -0.326 e. The molecule has 2 N–H and O–H groups in total. The first kappa shape index (κ1) is 24.8. The maximum Gasteiger partial charge on any atom is 0.255 e. The van der Waals surface area contributed by atoms with E-state index in [0.717, 1.165) is 37.1 Å². The van der Waals surface area contributed by atoms with E-state index in [4.69, 9.17) is 0 Å². The van der Waals surface area contributed by atoms with Crippen LogP contribution in [0.3, 0.4) is 0 Å². The molecule has 1 heterocycles. The van der Waals surface area contributed by atoms with E-state index in [1.165, 1.54) is 0 Å². The maximum absolute atomic E-state index is 13.0. The van der Waals surface area contributed by atoms with Gasteiger partial charge in [0.25, 0.3) is 5.91 Å². The number of hydrogen-bond acceptors (Lipinski definition) is 6. The van der Waals surface area contributed by atoms with Gasteiger partial charge in [0.1, 0.15) is 5.50 Å². The summed E-state index contributed by atoms with van der Waals surface area (Å²) in [6.45, 7) is 3.63. The van der Waals surface area contributed by atoms with Gasteiger partial charge in [-0.3, -0.25) is 14.9 Å². The average molecular weight is 504 g/mol. The average Bonchev–Trinajstić information content (AvgIpc) is 3.45. The maximum atomic E-state index is 13.0. The van der Waals surface area contributed by atoms with Crippen molar-refractivity contribution in [2.24, 2.45) is 5.92 Å². The van der Waals surface area contributed by atoms with Gasteiger partial charge >= 0.3 is 0 Å². The number of amides is 2. The molecule has 1 saturated carbocycles. The van der Waals surface area contributed by atoms with E-state index in [9.17, 15) is 18.0 Å². The van der Waals surface area contributed by atoms with Gasteiger partial charge in [-0.1, -0.05) is 19.1 Å². The molecule has 1 aliphatic carbocycles. The van der Waals surface area contributed by atoms with E-state index >= 15 is 0 Å². The Morgan fingerprint density at radius 3 is 2.41 bits per heavy atom. The molecular formula is C25H33N3O4S2. The third-order valence-electron chi connectivity index (χ3n) is 5.92. The molecule has 2 aliphatic rings. The number of benzene rings is 2. The molecular weight excluding hydrogens is 470 g/mol. The van der Waals surface area contributed by atoms with Gasteiger partial charge in [-0.2, -0.15) is 0 Å². The van der Waals surface area contributed by atoms with Gasteiger partial charge in [-0.15, -0.1) is 11.8 Å². The van der Waals surface area contributed by atoms with Crippen molar-refractivity contribution >= 4 is 39.1 Å². The first-order valence-corrected chi connectivity index (χ1v) is 14.4. The van der Waals surface area contributed by atoms with Crippen LogP contribution in [0, 0.1) is 5.92 Å². The van der Waals surface area contributed by atoms with Crippen molar-refractivity contribution in [2.75, 3.05) is 29.9 Å². The summed E-state index contributed by atoms with van der Waals surface area (Å²) >= 11 is 1.74. The van der Waals surface area contributed by atoms with Crippen LogP contribution < -0.4 is 10.6 Å². The second-order valence-electron chi connectivity index (χ2n) is 8.85. The first-order valence-electron chi connectivity index (χ1n) is 11.7. The quantitative estimate of drug-likeness (QED) is 0.513. The first-order chi connectivity index (χ1) is 16.4. The molecule has 2 aromatic rings. The third kappa shape index (κ3) is 6.40. The number of nitrogens with one attached hydrogen (secondary N) is 2. The molecule has 0 spiro atoms. The van der Waals surface area contributed by atoms with Gasteiger partial charge in [0.2, 0.25) is 5.91 Å². The Kier molecular flexibility index (Phi) is 7.95. The summed E-state index contributed by atoms with van der Waals surface area (Å²) in [5, 5.41) is 6.20. The minimum atomic E-state index is -3.25. The molecule has 34 heavy (non-hydrogen) atoms. The van der Waals surface area contributed by atoms with Crippen LogP contribution in [0.15, 0.2) is 53.4 Å². The molecule has 1 aliphatic heterocycles. The van der Waals surface area contributed by atoms with Gasteiger partial charge in [0.15, 0.2) is 9.84 Å². The van der Waals surface area contributed by atoms with Gasteiger partial charge in [0, 0.05) is 31.5 Å². The summed E-state index contributed by atoms with van der Waals surface area (Å²) in [6, 6.07) is 13.5. The number of hydrogen-bond donors (Lipinski definition) is 2. The molecule has 2 aromatic carbocycles. The van der Waals surface area contributed by atoms with Crippen molar-refractivity contribution in [3.8, 4) is 0 Å². The van der Waals surface area contributed by atoms with Crippen LogP contribution in [0.1, 0.15) is 43.5 Å². The number of carbonyl (C=O) groups excluding carboxylic acids is 2. The topological polar surface area (TPSA) is 95.6 Å². The summed E-state index contributed by atoms with van der Waals surface area (Å²) in [5.41, 5.74) is 1.94. The number of sulfone groups is 1. The van der Waals surface area contributed by atoms with E-state index in [2.05, 4.69) is 17.6 Å². The molecule has 4 rings (SSSR count). The Morgan fingerprint density at radius 2 is 1.82 bits per heavy atom. The van der Waals surface area contributed by atoms with Crippen LogP contribution in [-0.4, -0.2) is 55.2 Å². The van der Waals surface area contributed by atoms with E-state index in [0.29, 0.717) is 28.6 Å². The SMILES string of the molecule is CCCN(C(=O)c1ccc(NC(=O)Cc2ccc(S(=O)(=O)CC3CC3)cc2)cc1)C1NCCS1.[HH]. The van der Waals surface area contributed by atoms with Gasteiger partial charge in [0.05, 0.1) is 17.1 Å². The zero-order valence-electron chi connectivity index (χ0n) is 19.3. The van der Waals surface area contributed by atoms with Crippen LogP contribution >= 0.6 is 11.8 Å². The van der Waals surface area contributed by atoms with E-state index in [-0.39, 0.29) is 30.9 Å². The van der Waals surface area contributed by atoms with Crippen molar-refractivity contribution < 1.29 is 19.4 Å². The molecule has 1 unspecified atom stereocenters. The van der Waals surface area contributed by atoms with Gasteiger partial charge < -0.3 is 10.2 Å². The largest absolute Gasteiger partial charge is 0.326 e. The Hall–Kier alpha value is -2.36. The summed E-state index contributed by atoms with van der Waals surface area (Å²) in [5.74, 6) is 1.26. The predicted molar refractivity (Wildman–Crippen MR) is 138 cm³/mol. The summed E-state index contributed by atoms with van der Waals surface area (Å²) < 4.78 is 24.7. The molecule has 9 heteroatoms. The van der Waals surface area contributed by atoms with Crippen molar-refractivity contribution in [1.82, 2.24) is 10.2 Å². The zero-order valence-corrected chi connectivity index (χ0v) is 21.0. The lowest BCUT2D eigenvalue weighted by molar-refractivity contribution is -0.115. The minimum absolute atomic E-state index is 0. The molecule has 2 amide bonds. The Balaban J connectivity index is 0.00000342. The van der Waals surface area contributed by atoms with Crippen LogP contribution in [0.5, 0.6) is 0 Å². The number of carbonyl (C=O) groups is 2. The highest BCUT2D eigenvalue weighted by Gasteiger charge is 2.29. The highest BCUT2D eigenvalue weighted by Crippen LogP contribution is 2.32. The van der Waals surface area contributed by atoms with Crippen LogP contribution in [0.4, 0.5) is 5.69 Å². The molecule has 7 nitrogen and oxygen atoms in total. The lowest BCUT2D eigenvalue weighted by Crippen LogP contribution is -2.44. The lowest BCUT2D eigenvalue weighted by atomic mass is 10.1. The fourth-order valence-electron chi connectivity index (χ4n) is 3.94. The molecule has 184 valence electrons. The van der Waals surface area contributed by atoms with Crippen molar-refractivity contribution in [1.29, 1.82) is 0 Å².